The molecule has 6 atom stereocenters. The van der Waals surface area contributed by atoms with Crippen molar-refractivity contribution in [2.45, 2.75) is 25.7 Å². The molecule has 2 fully saturated rings. The first-order valence-electron chi connectivity index (χ1n) is 13.9. The quantitative estimate of drug-likeness (QED) is 0.107. The Labute approximate surface area is 238 Å². The van der Waals surface area contributed by atoms with Crippen LogP contribution < -0.4 is 15.4 Å². The summed E-state index contributed by atoms with van der Waals surface area (Å²) in [6.07, 6.45) is 12.5. The Morgan fingerprint density at radius 3 is 1.45 bits per heavy atom. The first kappa shape index (κ1) is 28.1. The molecular formula is C31H27F5N2O4. The van der Waals surface area contributed by atoms with Gasteiger partial charge in [0.05, 0.1) is 5.56 Å². The maximum absolute atomic E-state index is 14.2. The highest BCUT2D eigenvalue weighted by molar-refractivity contribution is 6.03. The second-order valence-corrected chi connectivity index (χ2v) is 11.6. The molecule has 2 amide bonds. The molecule has 220 valence electrons. The highest BCUT2D eigenvalue weighted by Crippen LogP contribution is 2.44. The Morgan fingerprint density at radius 1 is 0.619 bits per heavy atom. The molecule has 6 nitrogen and oxygen atoms in total. The van der Waals surface area contributed by atoms with Gasteiger partial charge in [0.2, 0.25) is 34.8 Å². The Bertz CT molecular complexity index is 1440. The number of allylic oxidation sites excluding steroid dienone is 4. The van der Waals surface area contributed by atoms with Crippen LogP contribution in [0.4, 0.5) is 22.0 Å². The van der Waals surface area contributed by atoms with E-state index in [1.807, 2.05) is 0 Å². The lowest BCUT2D eigenvalue weighted by Gasteiger charge is -2.19. The van der Waals surface area contributed by atoms with Crippen molar-refractivity contribution >= 4 is 17.8 Å². The summed E-state index contributed by atoms with van der Waals surface area (Å²) in [6.45, 7) is 0.728. The summed E-state index contributed by atoms with van der Waals surface area (Å²) < 4.78 is 73.7. The molecule has 42 heavy (non-hydrogen) atoms. The van der Waals surface area contributed by atoms with Crippen LogP contribution in [0.15, 0.2) is 42.5 Å². The third-order valence-corrected chi connectivity index (χ3v) is 8.94. The van der Waals surface area contributed by atoms with E-state index in [9.17, 15) is 36.3 Å². The summed E-state index contributed by atoms with van der Waals surface area (Å²) in [6, 6.07) is 3.37. The number of esters is 1. The number of amides is 2. The van der Waals surface area contributed by atoms with E-state index in [0.717, 1.165) is 37.8 Å². The van der Waals surface area contributed by atoms with Crippen LogP contribution in [0.1, 0.15) is 56.8 Å². The zero-order valence-corrected chi connectivity index (χ0v) is 22.3. The summed E-state index contributed by atoms with van der Waals surface area (Å²) >= 11 is 0. The molecule has 6 rings (SSSR count). The smallest absolute Gasteiger partial charge is 0.343 e. The number of benzene rings is 2. The molecule has 0 spiro atoms. The van der Waals surface area contributed by atoms with Crippen LogP contribution in [0.2, 0.25) is 0 Å². The lowest BCUT2D eigenvalue weighted by atomic mass is 9.93. The lowest BCUT2D eigenvalue weighted by molar-refractivity contribution is 0.0716. The topological polar surface area (TPSA) is 84.5 Å². The van der Waals surface area contributed by atoms with Gasteiger partial charge in [0, 0.05) is 24.2 Å². The van der Waals surface area contributed by atoms with Crippen LogP contribution in [0.5, 0.6) is 5.75 Å². The van der Waals surface area contributed by atoms with Crippen LogP contribution >= 0.6 is 0 Å². The van der Waals surface area contributed by atoms with Gasteiger partial charge in [-0.3, -0.25) is 9.59 Å². The first-order chi connectivity index (χ1) is 20.1. The Kier molecular flexibility index (Phi) is 7.36. The molecule has 4 bridgehead atoms. The van der Waals surface area contributed by atoms with Gasteiger partial charge in [-0.1, -0.05) is 24.3 Å². The number of carbonyl (C=O) groups is 3. The number of carbonyl (C=O) groups excluding carboxylic acids is 3. The maximum atomic E-state index is 14.2. The van der Waals surface area contributed by atoms with Crippen LogP contribution in [-0.4, -0.2) is 30.9 Å². The normalized spacial score (nSPS) is 26.6. The van der Waals surface area contributed by atoms with Crippen molar-refractivity contribution in [2.24, 2.45) is 35.5 Å². The van der Waals surface area contributed by atoms with Gasteiger partial charge in [-0.15, -0.1) is 0 Å². The molecule has 0 aromatic heterocycles. The van der Waals surface area contributed by atoms with Crippen LogP contribution in [-0.2, 0) is 0 Å². The van der Waals surface area contributed by atoms with Crippen LogP contribution in [0.3, 0.4) is 0 Å². The summed E-state index contributed by atoms with van der Waals surface area (Å²) in [5, 5.41) is 5.63. The van der Waals surface area contributed by atoms with Crippen molar-refractivity contribution in [3.63, 3.8) is 0 Å². The van der Waals surface area contributed by atoms with Crippen molar-refractivity contribution in [3.8, 4) is 5.75 Å². The van der Waals surface area contributed by atoms with Crippen molar-refractivity contribution in [2.75, 3.05) is 13.1 Å². The first-order valence-corrected chi connectivity index (χ1v) is 13.9. The SMILES string of the molecule is O=C(NCC1CC2C=CC1C2)c1cc(C(=O)NCC2CC3C=CC2C3)cc(C(=O)Oc2c(F)c(F)c(F)c(F)c2F)c1. The third-order valence-electron chi connectivity index (χ3n) is 8.94. The van der Waals surface area contributed by atoms with E-state index in [-0.39, 0.29) is 23.0 Å². The second kappa shape index (κ2) is 11.0. The van der Waals surface area contributed by atoms with Crippen molar-refractivity contribution < 1.29 is 41.1 Å². The summed E-state index contributed by atoms with van der Waals surface area (Å²) in [5.41, 5.74) is -0.690. The molecule has 0 aliphatic heterocycles. The fourth-order valence-corrected chi connectivity index (χ4v) is 6.74. The van der Waals surface area contributed by atoms with Gasteiger partial charge < -0.3 is 15.4 Å². The van der Waals surface area contributed by atoms with Gasteiger partial charge in [0.15, 0.2) is 0 Å². The molecule has 2 saturated carbocycles. The number of hydrogen-bond acceptors (Lipinski definition) is 4. The largest absolute Gasteiger partial charge is 0.416 e. The molecule has 4 aliphatic rings. The summed E-state index contributed by atoms with van der Waals surface area (Å²) in [7, 11) is 0. The van der Waals surface area contributed by atoms with Crippen LogP contribution in [0, 0.1) is 64.6 Å². The highest BCUT2D eigenvalue weighted by Gasteiger charge is 2.37. The predicted molar refractivity (Wildman–Crippen MR) is 140 cm³/mol. The maximum Gasteiger partial charge on any atom is 0.343 e. The second-order valence-electron chi connectivity index (χ2n) is 11.6. The molecule has 4 aliphatic carbocycles. The van der Waals surface area contributed by atoms with Gasteiger partial charge in [-0.25, -0.2) is 18.0 Å². The monoisotopic (exact) mass is 586 g/mol. The average Bonchev–Trinajstić information content (AvgIpc) is 3.81. The van der Waals surface area contributed by atoms with E-state index < -0.39 is 58.2 Å². The van der Waals surface area contributed by atoms with E-state index in [1.54, 1.807) is 0 Å². The van der Waals surface area contributed by atoms with E-state index in [0.29, 0.717) is 36.8 Å². The number of rotatable bonds is 8. The molecule has 0 heterocycles. The Balaban J connectivity index is 1.23. The standard InChI is InChI=1S/C31H27F5N2O4/c32-23-24(33)26(35)28(27(36)25(23)34)42-31(41)20-10-18(29(39)37-12-21-7-14-1-3-16(21)5-14)9-19(11-20)30(40)38-13-22-8-15-2-4-17(22)6-15/h1-4,9-11,14-17,21-22H,5-8,12-13H2,(H,37,39)(H,38,40). The van der Waals surface area contributed by atoms with Gasteiger partial charge >= 0.3 is 5.97 Å². The minimum absolute atomic E-state index is 0.103. The molecule has 0 saturated heterocycles. The summed E-state index contributed by atoms with van der Waals surface area (Å²) in [4.78, 5) is 39.2. The van der Waals surface area contributed by atoms with Crippen LogP contribution in [0.25, 0.3) is 0 Å². The molecule has 6 unspecified atom stereocenters. The molecule has 2 N–H and O–H groups in total. The lowest BCUT2D eigenvalue weighted by Crippen LogP contribution is -2.33. The van der Waals surface area contributed by atoms with E-state index in [1.165, 1.54) is 6.07 Å². The minimum atomic E-state index is -2.40. The third kappa shape index (κ3) is 5.20. The number of fused-ring (bicyclic) bond motifs is 4. The Hall–Kier alpha value is -4.02. The molecule has 0 radical (unpaired) electrons. The van der Waals surface area contributed by atoms with E-state index in [2.05, 4.69) is 39.7 Å². The zero-order chi connectivity index (χ0) is 29.7. The highest BCUT2D eigenvalue weighted by atomic mass is 19.2. The minimum Gasteiger partial charge on any atom is -0.416 e. The number of nitrogens with one attached hydrogen (secondary N) is 2. The number of hydrogen-bond donors (Lipinski definition) is 2. The van der Waals surface area contributed by atoms with Crippen molar-refractivity contribution in [3.05, 3.63) is 88.3 Å². The fraction of sp³-hybridized carbons (Fsp3) is 0.387. The number of ether oxygens (including phenoxy) is 1. The predicted octanol–water partition coefficient (Wildman–Crippen LogP) is 5.49. The van der Waals surface area contributed by atoms with Gasteiger partial charge in [-0.05, 0) is 79.4 Å². The molecule has 2 aromatic rings. The molecule has 11 heteroatoms. The fourth-order valence-electron chi connectivity index (χ4n) is 6.74. The Morgan fingerprint density at radius 2 is 1.05 bits per heavy atom. The van der Waals surface area contributed by atoms with Crippen molar-refractivity contribution in [1.29, 1.82) is 0 Å². The average molecular weight is 587 g/mol. The van der Waals surface area contributed by atoms with Gasteiger partial charge in [0.1, 0.15) is 0 Å². The van der Waals surface area contributed by atoms with Gasteiger partial charge in [-0.2, -0.15) is 8.78 Å². The molecule has 2 aromatic carbocycles. The van der Waals surface area contributed by atoms with Crippen molar-refractivity contribution in [1.82, 2.24) is 10.6 Å². The van der Waals surface area contributed by atoms with E-state index >= 15 is 0 Å². The zero-order valence-electron chi connectivity index (χ0n) is 22.3. The van der Waals surface area contributed by atoms with E-state index in [4.69, 9.17) is 0 Å². The number of halogens is 5. The molecular weight excluding hydrogens is 559 g/mol. The van der Waals surface area contributed by atoms with Gasteiger partial charge in [0.25, 0.3) is 11.8 Å². The summed E-state index contributed by atoms with van der Waals surface area (Å²) in [5.74, 6) is -13.9.